The number of allylic oxidation sites excluding steroid dienone is 2. The van der Waals surface area contributed by atoms with Crippen molar-refractivity contribution in [1.29, 1.82) is 0 Å². The van der Waals surface area contributed by atoms with Crippen molar-refractivity contribution in [1.82, 2.24) is 0 Å². The first kappa shape index (κ1) is 8.18. The van der Waals surface area contributed by atoms with E-state index in [1.165, 1.54) is 0 Å². The van der Waals surface area contributed by atoms with Crippen molar-refractivity contribution in [2.75, 3.05) is 0 Å². The molecule has 11 heavy (non-hydrogen) atoms. The summed E-state index contributed by atoms with van der Waals surface area (Å²) in [5.41, 5.74) is 0.808. The highest BCUT2D eigenvalue weighted by Gasteiger charge is 2.22. The Hall–Kier alpha value is -0.920. The highest BCUT2D eigenvalue weighted by molar-refractivity contribution is 5.98. The van der Waals surface area contributed by atoms with Gasteiger partial charge >= 0.3 is 0 Å². The minimum atomic E-state index is -0.0498. The molecule has 0 aromatic heterocycles. The number of hydrogen-bond donors (Lipinski definition) is 0. The second-order valence-corrected chi connectivity index (χ2v) is 3.06. The zero-order valence-corrected chi connectivity index (χ0v) is 6.89. The van der Waals surface area contributed by atoms with Gasteiger partial charge in [-0.3, -0.25) is 9.59 Å². The van der Waals surface area contributed by atoms with Gasteiger partial charge in [0.25, 0.3) is 0 Å². The Bertz CT molecular complexity index is 226. The van der Waals surface area contributed by atoms with E-state index in [4.69, 9.17) is 0 Å². The standard InChI is InChI=1S/C9H12O2/c1-6-3-4-8(7(2)10)5-9(6)11/h3,8H,4-5H2,1-2H3/t8-/m1/s1. The molecule has 0 saturated heterocycles. The van der Waals surface area contributed by atoms with Gasteiger partial charge < -0.3 is 0 Å². The Balaban J connectivity index is 2.70. The van der Waals surface area contributed by atoms with E-state index in [0.717, 1.165) is 12.0 Å². The molecule has 0 aromatic rings. The predicted molar refractivity (Wildman–Crippen MR) is 42.2 cm³/mol. The first-order valence-corrected chi connectivity index (χ1v) is 3.81. The summed E-state index contributed by atoms with van der Waals surface area (Å²) in [7, 11) is 0. The molecular weight excluding hydrogens is 140 g/mol. The molecule has 2 heteroatoms. The van der Waals surface area contributed by atoms with Crippen molar-refractivity contribution in [3.63, 3.8) is 0 Å². The van der Waals surface area contributed by atoms with Crippen LogP contribution in [0.1, 0.15) is 26.7 Å². The van der Waals surface area contributed by atoms with E-state index in [-0.39, 0.29) is 17.5 Å². The maximum absolute atomic E-state index is 11.1. The summed E-state index contributed by atoms with van der Waals surface area (Å²) in [6.45, 7) is 3.35. The van der Waals surface area contributed by atoms with Crippen LogP contribution in [0.2, 0.25) is 0 Å². The van der Waals surface area contributed by atoms with Gasteiger partial charge in [0.2, 0.25) is 0 Å². The number of ketones is 2. The summed E-state index contributed by atoms with van der Waals surface area (Å²) >= 11 is 0. The molecule has 0 saturated carbocycles. The monoisotopic (exact) mass is 152 g/mol. The zero-order chi connectivity index (χ0) is 8.43. The zero-order valence-electron chi connectivity index (χ0n) is 6.89. The first-order valence-electron chi connectivity index (χ1n) is 3.81. The SMILES string of the molecule is CC(=O)[C@@H]1CC=C(C)C(=O)C1. The topological polar surface area (TPSA) is 34.1 Å². The van der Waals surface area contributed by atoms with Gasteiger partial charge in [0.05, 0.1) is 0 Å². The van der Waals surface area contributed by atoms with Crippen LogP contribution >= 0.6 is 0 Å². The lowest BCUT2D eigenvalue weighted by atomic mass is 9.87. The van der Waals surface area contributed by atoms with Crippen LogP contribution < -0.4 is 0 Å². The third-order valence-electron chi connectivity index (χ3n) is 2.16. The van der Waals surface area contributed by atoms with Crippen molar-refractivity contribution in [3.05, 3.63) is 11.6 Å². The summed E-state index contributed by atoms with van der Waals surface area (Å²) in [5, 5.41) is 0. The van der Waals surface area contributed by atoms with Gasteiger partial charge in [-0.05, 0) is 25.8 Å². The van der Waals surface area contributed by atoms with Gasteiger partial charge in [-0.25, -0.2) is 0 Å². The van der Waals surface area contributed by atoms with E-state index in [0.29, 0.717) is 6.42 Å². The van der Waals surface area contributed by atoms with Crippen molar-refractivity contribution in [2.45, 2.75) is 26.7 Å². The van der Waals surface area contributed by atoms with Crippen LogP contribution in [0.3, 0.4) is 0 Å². The Morgan fingerprint density at radius 3 is 2.73 bits per heavy atom. The molecule has 0 radical (unpaired) electrons. The third-order valence-corrected chi connectivity index (χ3v) is 2.16. The molecule has 1 aliphatic rings. The summed E-state index contributed by atoms with van der Waals surface area (Å²) in [5.74, 6) is 0.199. The Kier molecular flexibility index (Phi) is 2.22. The van der Waals surface area contributed by atoms with E-state index >= 15 is 0 Å². The fraction of sp³-hybridized carbons (Fsp3) is 0.556. The summed E-state index contributed by atoms with van der Waals surface area (Å²) in [4.78, 5) is 22.0. The third kappa shape index (κ3) is 1.76. The predicted octanol–water partition coefficient (Wildman–Crippen LogP) is 1.50. The Morgan fingerprint density at radius 1 is 1.64 bits per heavy atom. The van der Waals surface area contributed by atoms with Crippen LogP contribution in [0.4, 0.5) is 0 Å². The van der Waals surface area contributed by atoms with Gasteiger partial charge in [-0.15, -0.1) is 0 Å². The van der Waals surface area contributed by atoms with E-state index in [2.05, 4.69) is 0 Å². The van der Waals surface area contributed by atoms with Gasteiger partial charge in [0, 0.05) is 12.3 Å². The highest BCUT2D eigenvalue weighted by Crippen LogP contribution is 2.20. The normalized spacial score (nSPS) is 24.7. The molecule has 1 rings (SSSR count). The van der Waals surface area contributed by atoms with Gasteiger partial charge in [0.1, 0.15) is 5.78 Å². The van der Waals surface area contributed by atoms with Crippen LogP contribution in [0.5, 0.6) is 0 Å². The number of carbonyl (C=O) groups excluding carboxylic acids is 2. The van der Waals surface area contributed by atoms with E-state index in [1.54, 1.807) is 13.8 Å². The largest absolute Gasteiger partial charge is 0.300 e. The molecule has 0 bridgehead atoms. The molecule has 0 aliphatic heterocycles. The van der Waals surface area contributed by atoms with Crippen molar-refractivity contribution in [2.24, 2.45) is 5.92 Å². The second-order valence-electron chi connectivity index (χ2n) is 3.06. The molecule has 0 unspecified atom stereocenters. The molecule has 0 spiro atoms. The first-order chi connectivity index (χ1) is 5.11. The summed E-state index contributed by atoms with van der Waals surface area (Å²) in [6.07, 6.45) is 3.02. The number of carbonyl (C=O) groups is 2. The molecule has 2 nitrogen and oxygen atoms in total. The van der Waals surface area contributed by atoms with Gasteiger partial charge in [0.15, 0.2) is 5.78 Å². The van der Waals surface area contributed by atoms with Crippen LogP contribution in [0, 0.1) is 5.92 Å². The van der Waals surface area contributed by atoms with Crippen LogP contribution in [-0.2, 0) is 9.59 Å². The van der Waals surface area contributed by atoms with Crippen LogP contribution in [-0.4, -0.2) is 11.6 Å². The Morgan fingerprint density at radius 2 is 2.27 bits per heavy atom. The molecule has 0 amide bonds. The summed E-state index contributed by atoms with van der Waals surface area (Å²) in [6, 6.07) is 0. The molecule has 1 atom stereocenters. The second kappa shape index (κ2) is 2.99. The van der Waals surface area contributed by atoms with E-state index in [1.807, 2.05) is 6.08 Å². The minimum absolute atomic E-state index is 0.0498. The fourth-order valence-corrected chi connectivity index (χ4v) is 1.21. The Labute approximate surface area is 66.3 Å². The van der Waals surface area contributed by atoms with Crippen molar-refractivity contribution >= 4 is 11.6 Å². The number of rotatable bonds is 1. The molecule has 1 aliphatic carbocycles. The van der Waals surface area contributed by atoms with E-state index < -0.39 is 0 Å². The molecule has 0 heterocycles. The molecule has 60 valence electrons. The van der Waals surface area contributed by atoms with Crippen molar-refractivity contribution in [3.8, 4) is 0 Å². The fourth-order valence-electron chi connectivity index (χ4n) is 1.21. The van der Waals surface area contributed by atoms with Gasteiger partial charge in [-0.2, -0.15) is 0 Å². The average molecular weight is 152 g/mol. The molecular formula is C9H12O2. The number of hydrogen-bond acceptors (Lipinski definition) is 2. The van der Waals surface area contributed by atoms with E-state index in [9.17, 15) is 9.59 Å². The minimum Gasteiger partial charge on any atom is -0.300 e. The highest BCUT2D eigenvalue weighted by atomic mass is 16.1. The quantitative estimate of drug-likeness (QED) is 0.570. The molecule has 0 aromatic carbocycles. The molecule has 0 N–H and O–H groups in total. The van der Waals surface area contributed by atoms with Gasteiger partial charge in [-0.1, -0.05) is 6.08 Å². The number of Topliss-reactive ketones (excluding diaryl/α,β-unsaturated/α-hetero) is 2. The van der Waals surface area contributed by atoms with Crippen LogP contribution in [0.25, 0.3) is 0 Å². The summed E-state index contributed by atoms with van der Waals surface area (Å²) < 4.78 is 0. The van der Waals surface area contributed by atoms with Crippen molar-refractivity contribution < 1.29 is 9.59 Å². The lowest BCUT2D eigenvalue weighted by molar-refractivity contribution is -0.125. The van der Waals surface area contributed by atoms with Crippen LogP contribution in [0.15, 0.2) is 11.6 Å². The average Bonchev–Trinajstić information content (AvgIpc) is 1.94. The molecule has 0 fully saturated rings. The maximum atomic E-state index is 11.1. The lowest BCUT2D eigenvalue weighted by Gasteiger charge is -2.15. The lowest BCUT2D eigenvalue weighted by Crippen LogP contribution is -2.19. The smallest absolute Gasteiger partial charge is 0.158 e. The maximum Gasteiger partial charge on any atom is 0.158 e.